The van der Waals surface area contributed by atoms with Crippen LogP contribution in [-0.4, -0.2) is 0 Å². The van der Waals surface area contributed by atoms with Gasteiger partial charge in [0.05, 0.1) is 0 Å². The lowest BCUT2D eigenvalue weighted by Gasteiger charge is -2.04. The molecule has 0 heteroatoms. The predicted octanol–water partition coefficient (Wildman–Crippen LogP) is 9.65. The predicted molar refractivity (Wildman–Crippen MR) is 159 cm³/mol. The molecule has 8 rings (SSSR count). The van der Waals surface area contributed by atoms with Crippen LogP contribution in [0.5, 0.6) is 0 Å². The van der Waals surface area contributed by atoms with Gasteiger partial charge in [-0.2, -0.15) is 0 Å². The van der Waals surface area contributed by atoms with Crippen LogP contribution < -0.4 is 0 Å². The zero-order chi connectivity index (χ0) is 23.9. The Morgan fingerprint density at radius 2 is 0.222 bits per heavy atom. The van der Waals surface area contributed by atoms with Crippen molar-refractivity contribution in [2.24, 2.45) is 0 Å². The Bertz CT molecular complexity index is 1210. The lowest BCUT2D eigenvalue weighted by molar-refractivity contribution is 1.58. The first-order chi connectivity index (χ1) is 17.7. The van der Waals surface area contributed by atoms with Gasteiger partial charge in [0.1, 0.15) is 0 Å². The van der Waals surface area contributed by atoms with Gasteiger partial charge in [-0.25, -0.2) is 0 Å². The summed E-state index contributed by atoms with van der Waals surface area (Å²) in [4.78, 5) is 0. The van der Waals surface area contributed by atoms with E-state index in [9.17, 15) is 0 Å². The van der Waals surface area contributed by atoms with Crippen molar-refractivity contribution in [1.29, 1.82) is 0 Å². The van der Waals surface area contributed by atoms with E-state index in [-0.39, 0.29) is 0 Å². The van der Waals surface area contributed by atoms with Crippen molar-refractivity contribution in [3.05, 3.63) is 140 Å². The van der Waals surface area contributed by atoms with E-state index in [1.165, 1.54) is 66.8 Å². The van der Waals surface area contributed by atoms with Crippen molar-refractivity contribution in [3.8, 4) is 0 Å². The maximum Gasteiger partial charge on any atom is -0.0245 e. The Balaban J connectivity index is 1.64. The molecule has 0 atom stereocenters. The summed E-state index contributed by atoms with van der Waals surface area (Å²) in [5, 5.41) is 0. The highest BCUT2D eigenvalue weighted by atomic mass is 14.1. The first-order valence-corrected chi connectivity index (χ1v) is 12.4. The molecule has 0 unspecified atom stereocenters. The fourth-order valence-corrected chi connectivity index (χ4v) is 5.12. The van der Waals surface area contributed by atoms with Gasteiger partial charge in [-0.05, 0) is 140 Å². The maximum absolute atomic E-state index is 2.26. The van der Waals surface area contributed by atoms with Gasteiger partial charge in [0.25, 0.3) is 0 Å². The molecule has 0 fully saturated rings. The highest BCUT2D eigenvalue weighted by Gasteiger charge is 2.04. The minimum absolute atomic E-state index is 1.19. The highest BCUT2D eigenvalue weighted by molar-refractivity contribution is 5.85. The molecule has 0 heterocycles. The number of hydrogen-bond donors (Lipinski definition) is 0. The van der Waals surface area contributed by atoms with Crippen LogP contribution in [0, 0.1) is 0 Å². The molecule has 0 aliphatic heterocycles. The second-order valence-corrected chi connectivity index (χ2v) is 9.73. The molecule has 4 aliphatic carbocycles. The summed E-state index contributed by atoms with van der Waals surface area (Å²) in [6.07, 6.45) is 26.7. The van der Waals surface area contributed by atoms with Gasteiger partial charge < -0.3 is 0 Å². The van der Waals surface area contributed by atoms with Gasteiger partial charge in [-0.15, -0.1) is 0 Å². The second-order valence-electron chi connectivity index (χ2n) is 9.73. The molecular weight excluding hydrogens is 432 g/mol. The summed E-state index contributed by atoms with van der Waals surface area (Å²) in [7, 11) is 0. The zero-order valence-electron chi connectivity index (χ0n) is 19.9. The van der Waals surface area contributed by atoms with Crippen LogP contribution in [-0.2, 0) is 0 Å². The van der Waals surface area contributed by atoms with Crippen LogP contribution in [0.1, 0.15) is 66.8 Å². The van der Waals surface area contributed by atoms with Gasteiger partial charge in [0.15, 0.2) is 0 Å². The summed E-state index contributed by atoms with van der Waals surface area (Å²) in [6, 6.07) is 27.1. The van der Waals surface area contributed by atoms with Gasteiger partial charge in [-0.1, -0.05) is 72.9 Å². The normalized spacial score (nSPS) is 14.0. The quantitative estimate of drug-likeness (QED) is 0.213. The SMILES string of the molecule is C1=Cc2cc3cc(c2)C=Cc2cc4cc(c2)C=Cc2cc(cc(c2)C=C3)C=Cc2cc1cc(c2)C=C4. The fraction of sp³-hybridized carbons (Fsp3) is 0. The van der Waals surface area contributed by atoms with Crippen LogP contribution in [0.25, 0.3) is 72.9 Å². The number of rotatable bonds is 0. The molecule has 4 aromatic carbocycles. The summed E-state index contributed by atoms with van der Waals surface area (Å²) < 4.78 is 0. The third-order valence-corrected chi connectivity index (χ3v) is 6.81. The third kappa shape index (κ3) is 4.37. The molecule has 0 saturated heterocycles. The average Bonchev–Trinajstić information content (AvgIpc) is 2.89. The van der Waals surface area contributed by atoms with Crippen LogP contribution in [0.3, 0.4) is 0 Å². The van der Waals surface area contributed by atoms with Crippen LogP contribution in [0.4, 0.5) is 0 Å². The Morgan fingerprint density at radius 1 is 0.139 bits per heavy atom. The topological polar surface area (TPSA) is 0 Å². The second kappa shape index (κ2) is 8.52. The van der Waals surface area contributed by atoms with Gasteiger partial charge in [0, 0.05) is 0 Å². The van der Waals surface area contributed by atoms with E-state index in [0.717, 1.165) is 0 Å². The van der Waals surface area contributed by atoms with E-state index < -0.39 is 0 Å². The Hall–Kier alpha value is -4.68. The third-order valence-electron chi connectivity index (χ3n) is 6.81. The largest absolute Gasteiger partial charge is 0.0543 e. The average molecular weight is 457 g/mol. The molecule has 0 radical (unpaired) electrons. The number of benzene rings is 4. The van der Waals surface area contributed by atoms with Crippen molar-refractivity contribution >= 4 is 72.9 Å². The summed E-state index contributed by atoms with van der Waals surface area (Å²) in [5.41, 5.74) is 14.3. The lowest BCUT2D eigenvalue weighted by atomic mass is 10.0. The molecule has 168 valence electrons. The lowest BCUT2D eigenvalue weighted by Crippen LogP contribution is -1.83. The fourth-order valence-electron chi connectivity index (χ4n) is 5.12. The highest BCUT2D eigenvalue weighted by Crippen LogP contribution is 2.26. The Morgan fingerprint density at radius 3 is 0.306 bits per heavy atom. The summed E-state index contributed by atoms with van der Waals surface area (Å²) in [6.45, 7) is 0. The van der Waals surface area contributed by atoms with E-state index in [0.29, 0.717) is 0 Å². The van der Waals surface area contributed by atoms with Crippen molar-refractivity contribution in [2.45, 2.75) is 0 Å². The monoisotopic (exact) mass is 456 g/mol. The smallest absolute Gasteiger partial charge is 0.0245 e. The summed E-state index contributed by atoms with van der Waals surface area (Å²) >= 11 is 0. The van der Waals surface area contributed by atoms with Crippen molar-refractivity contribution in [2.75, 3.05) is 0 Å². The van der Waals surface area contributed by atoms with E-state index in [1.807, 2.05) is 0 Å². The van der Waals surface area contributed by atoms with E-state index in [2.05, 4.69) is 146 Å². The molecule has 4 aliphatic rings. The first kappa shape index (κ1) is 20.7. The van der Waals surface area contributed by atoms with Gasteiger partial charge in [0.2, 0.25) is 0 Å². The van der Waals surface area contributed by atoms with Gasteiger partial charge in [-0.3, -0.25) is 0 Å². The standard InChI is InChI=1S/C36H24/c1-2-26-15-29-7-9-33-19-31-5-3-27-13-25(1)14-28(17-27)4-6-32-20-34(10-8-30(16-26)18-29)24-36(22-32)12-11-35(21-31)23-33/h1-24H. The zero-order valence-corrected chi connectivity index (χ0v) is 19.9. The molecule has 36 heavy (non-hydrogen) atoms. The van der Waals surface area contributed by atoms with E-state index in [1.54, 1.807) is 0 Å². The first-order valence-electron chi connectivity index (χ1n) is 12.4. The van der Waals surface area contributed by atoms with Crippen LogP contribution in [0.15, 0.2) is 72.8 Å². The van der Waals surface area contributed by atoms with Crippen molar-refractivity contribution in [1.82, 2.24) is 0 Å². The van der Waals surface area contributed by atoms with Crippen molar-refractivity contribution < 1.29 is 0 Å². The molecule has 4 aromatic rings. The molecule has 0 amide bonds. The molecule has 0 nitrogen and oxygen atoms in total. The molecule has 0 N–H and O–H groups in total. The maximum atomic E-state index is 2.26. The minimum Gasteiger partial charge on any atom is -0.0543 e. The van der Waals surface area contributed by atoms with E-state index >= 15 is 0 Å². The molecular formula is C36H24. The molecule has 0 aromatic heterocycles. The Kier molecular flexibility index (Phi) is 4.89. The molecule has 12 bridgehead atoms. The van der Waals surface area contributed by atoms with Crippen LogP contribution >= 0.6 is 0 Å². The van der Waals surface area contributed by atoms with Gasteiger partial charge >= 0.3 is 0 Å². The molecule has 0 spiro atoms. The van der Waals surface area contributed by atoms with E-state index in [4.69, 9.17) is 0 Å². The molecule has 0 saturated carbocycles. The minimum atomic E-state index is 1.19. The van der Waals surface area contributed by atoms with Crippen LogP contribution in [0.2, 0.25) is 0 Å². The number of hydrogen-bond acceptors (Lipinski definition) is 0. The van der Waals surface area contributed by atoms with Crippen molar-refractivity contribution in [3.63, 3.8) is 0 Å². The Labute approximate surface area is 212 Å². The summed E-state index contributed by atoms with van der Waals surface area (Å²) in [5.74, 6) is 0.